The summed E-state index contributed by atoms with van der Waals surface area (Å²) in [6.45, 7) is 4.85. The Morgan fingerprint density at radius 3 is 1.86 bits per heavy atom. The summed E-state index contributed by atoms with van der Waals surface area (Å²) in [4.78, 5) is 9.82. The number of carbonyl (C=O) groups excluding carboxylic acids is 1. The van der Waals surface area contributed by atoms with Crippen LogP contribution < -0.4 is 22.7 Å². The summed E-state index contributed by atoms with van der Waals surface area (Å²) in [5.41, 5.74) is 5.09. The van der Waals surface area contributed by atoms with Crippen LogP contribution in [0.1, 0.15) is 6.92 Å². The minimum atomic E-state index is -0.435. The van der Waals surface area contributed by atoms with Crippen molar-refractivity contribution in [3.05, 3.63) is 12.2 Å². The summed E-state index contributed by atoms with van der Waals surface area (Å²) < 4.78 is 0. The summed E-state index contributed by atoms with van der Waals surface area (Å²) in [7, 11) is 0. The predicted octanol–water partition coefficient (Wildman–Crippen LogP) is -2.95. The van der Waals surface area contributed by atoms with Crippen molar-refractivity contribution in [2.75, 3.05) is 0 Å². The van der Waals surface area contributed by atoms with Gasteiger partial charge in [0.1, 0.15) is 0 Å². The molecule has 42 valence electrons. The van der Waals surface area contributed by atoms with Gasteiger partial charge in [-0.2, -0.15) is 0 Å². The Kier molecular flexibility index (Phi) is 5.44. The highest BCUT2D eigenvalue weighted by molar-refractivity contribution is 5.90. The fraction of sp³-hybridized carbons (Fsp3) is 0.250. The fourth-order valence-electron chi connectivity index (χ4n) is 0. The normalized spacial score (nSPS) is 6.43. The van der Waals surface area contributed by atoms with Crippen LogP contribution in [0.4, 0.5) is 0 Å². The number of hydrogen-bond donors (Lipinski definition) is 1. The molecule has 2 nitrogen and oxygen atoms in total. The van der Waals surface area contributed by atoms with Gasteiger partial charge in [-0.15, -0.1) is 0 Å². The van der Waals surface area contributed by atoms with Crippen LogP contribution in [-0.2, 0) is 4.79 Å². The van der Waals surface area contributed by atoms with Crippen molar-refractivity contribution in [3.8, 4) is 0 Å². The molecule has 7 heavy (non-hydrogen) atoms. The van der Waals surface area contributed by atoms with Gasteiger partial charge in [-0.25, -0.2) is 0 Å². The first-order chi connectivity index (χ1) is 2.64. The zero-order chi connectivity index (χ0) is 5.15. The number of amides is 1. The number of carbonyl (C=O) groups is 1. The molecule has 0 unspecified atom stereocenters. The fourth-order valence-corrected chi connectivity index (χ4v) is 0. The van der Waals surface area contributed by atoms with Crippen molar-refractivity contribution in [2.45, 2.75) is 6.92 Å². The van der Waals surface area contributed by atoms with Gasteiger partial charge in [-0.3, -0.25) is 4.79 Å². The van der Waals surface area contributed by atoms with Gasteiger partial charge in [0, 0.05) is 5.57 Å². The maximum atomic E-state index is 9.82. The Bertz CT molecular complexity index is 77.7. The van der Waals surface area contributed by atoms with Crippen LogP contribution in [0, 0.1) is 0 Å². The van der Waals surface area contributed by atoms with E-state index in [0.29, 0.717) is 5.57 Å². The molecular formula is C4H7BrNO-. The second-order valence-corrected chi connectivity index (χ2v) is 1.14. The van der Waals surface area contributed by atoms with E-state index < -0.39 is 5.91 Å². The van der Waals surface area contributed by atoms with Crippen molar-refractivity contribution in [1.82, 2.24) is 0 Å². The number of hydrogen-bond acceptors (Lipinski definition) is 1. The molecule has 0 bridgehead atoms. The third-order valence-electron chi connectivity index (χ3n) is 0.421. The van der Waals surface area contributed by atoms with E-state index in [0.717, 1.165) is 0 Å². The Morgan fingerprint density at radius 2 is 1.86 bits per heavy atom. The summed E-state index contributed by atoms with van der Waals surface area (Å²) >= 11 is 0. The first-order valence-corrected chi connectivity index (χ1v) is 1.60. The smallest absolute Gasteiger partial charge is 0.243 e. The summed E-state index contributed by atoms with van der Waals surface area (Å²) in [5, 5.41) is 0. The van der Waals surface area contributed by atoms with Crippen LogP contribution in [0.5, 0.6) is 0 Å². The lowest BCUT2D eigenvalue weighted by Gasteiger charge is -1.81. The maximum absolute atomic E-state index is 9.82. The summed E-state index contributed by atoms with van der Waals surface area (Å²) in [6, 6.07) is 0. The van der Waals surface area contributed by atoms with Crippen LogP contribution in [0.3, 0.4) is 0 Å². The lowest BCUT2D eigenvalue weighted by Crippen LogP contribution is -3.00. The van der Waals surface area contributed by atoms with Crippen LogP contribution in [0.15, 0.2) is 12.2 Å². The van der Waals surface area contributed by atoms with E-state index in [1.54, 1.807) is 6.92 Å². The first kappa shape index (κ1) is 9.85. The standard InChI is InChI=1S/C4H7NO.BrH/c1-3(2)4(5)6;/h1H2,2H3,(H2,5,6);1H/p-1. The van der Waals surface area contributed by atoms with E-state index in [1.807, 2.05) is 0 Å². The number of nitrogens with two attached hydrogens (primary N) is 1. The first-order valence-electron chi connectivity index (χ1n) is 1.60. The molecule has 0 aliphatic carbocycles. The SMILES string of the molecule is C=C(C)C(N)=O.[Br-]. The van der Waals surface area contributed by atoms with Crippen LogP contribution >= 0.6 is 0 Å². The highest BCUT2D eigenvalue weighted by atomic mass is 79.9. The third kappa shape index (κ3) is 5.69. The van der Waals surface area contributed by atoms with Gasteiger partial charge in [-0.1, -0.05) is 6.58 Å². The molecule has 0 spiro atoms. The molecule has 3 heteroatoms. The third-order valence-corrected chi connectivity index (χ3v) is 0.421. The maximum Gasteiger partial charge on any atom is 0.243 e. The van der Waals surface area contributed by atoms with Crippen LogP contribution in [0.2, 0.25) is 0 Å². The zero-order valence-corrected chi connectivity index (χ0v) is 5.66. The van der Waals surface area contributed by atoms with Crippen LogP contribution in [0.25, 0.3) is 0 Å². The van der Waals surface area contributed by atoms with Gasteiger partial charge in [-0.05, 0) is 6.92 Å². The molecule has 0 aromatic carbocycles. The quantitative estimate of drug-likeness (QED) is 0.415. The van der Waals surface area contributed by atoms with Gasteiger partial charge in [0.25, 0.3) is 0 Å². The molecule has 0 atom stereocenters. The van der Waals surface area contributed by atoms with Crippen molar-refractivity contribution in [3.63, 3.8) is 0 Å². The van der Waals surface area contributed by atoms with E-state index in [9.17, 15) is 4.79 Å². The van der Waals surface area contributed by atoms with Gasteiger partial charge < -0.3 is 22.7 Å². The van der Waals surface area contributed by atoms with E-state index >= 15 is 0 Å². The molecule has 0 saturated carbocycles. The summed E-state index contributed by atoms with van der Waals surface area (Å²) in [6.07, 6.45) is 0. The Labute approximate surface area is 53.2 Å². The molecule has 0 aliphatic heterocycles. The molecule has 0 radical (unpaired) electrons. The minimum absolute atomic E-state index is 0. The summed E-state index contributed by atoms with van der Waals surface area (Å²) in [5.74, 6) is -0.435. The number of halogens is 1. The average Bonchev–Trinajstić information content (AvgIpc) is 1.36. The molecule has 0 aromatic heterocycles. The topological polar surface area (TPSA) is 43.1 Å². The minimum Gasteiger partial charge on any atom is -1.00 e. The molecule has 0 aliphatic rings. The lowest BCUT2D eigenvalue weighted by atomic mass is 10.3. The highest BCUT2D eigenvalue weighted by Crippen LogP contribution is 1.78. The van der Waals surface area contributed by atoms with E-state index in [2.05, 4.69) is 6.58 Å². The lowest BCUT2D eigenvalue weighted by molar-refractivity contribution is -0.114. The number of primary amides is 1. The van der Waals surface area contributed by atoms with Crippen molar-refractivity contribution in [1.29, 1.82) is 0 Å². The molecule has 2 N–H and O–H groups in total. The van der Waals surface area contributed by atoms with Crippen LogP contribution in [-0.4, -0.2) is 5.91 Å². The highest BCUT2D eigenvalue weighted by Gasteiger charge is 1.86. The molecule has 0 aromatic rings. The molecule has 0 fully saturated rings. The molecule has 0 saturated heterocycles. The van der Waals surface area contributed by atoms with Gasteiger partial charge in [0.2, 0.25) is 5.91 Å². The second kappa shape index (κ2) is 3.87. The van der Waals surface area contributed by atoms with Gasteiger partial charge in [0.05, 0.1) is 0 Å². The molecule has 1 amide bonds. The van der Waals surface area contributed by atoms with E-state index in [1.165, 1.54) is 0 Å². The monoisotopic (exact) mass is 164 g/mol. The van der Waals surface area contributed by atoms with E-state index in [-0.39, 0.29) is 17.0 Å². The Morgan fingerprint density at radius 1 is 1.71 bits per heavy atom. The van der Waals surface area contributed by atoms with E-state index in [4.69, 9.17) is 5.73 Å². The van der Waals surface area contributed by atoms with Crippen molar-refractivity contribution < 1.29 is 21.8 Å². The zero-order valence-electron chi connectivity index (χ0n) is 4.07. The predicted molar refractivity (Wildman–Crippen MR) is 24.0 cm³/mol. The molecular weight excluding hydrogens is 158 g/mol. The van der Waals surface area contributed by atoms with Crippen molar-refractivity contribution in [2.24, 2.45) is 5.73 Å². The van der Waals surface area contributed by atoms with Gasteiger partial charge >= 0.3 is 0 Å². The molecule has 0 rings (SSSR count). The Hall–Kier alpha value is -0.310. The molecule has 0 heterocycles. The van der Waals surface area contributed by atoms with Crippen molar-refractivity contribution >= 4 is 5.91 Å². The largest absolute Gasteiger partial charge is 1.00 e. The van der Waals surface area contributed by atoms with Gasteiger partial charge in [0.15, 0.2) is 0 Å². The second-order valence-electron chi connectivity index (χ2n) is 1.14. The Balaban J connectivity index is 0. The number of rotatable bonds is 1. The average molecular weight is 165 g/mol.